The van der Waals surface area contributed by atoms with E-state index in [1.165, 1.54) is 0 Å². The molecule has 1 amide bonds. The molecule has 0 rings (SSSR count). The fourth-order valence-corrected chi connectivity index (χ4v) is 1.27. The zero-order valence-corrected chi connectivity index (χ0v) is 10.2. The van der Waals surface area contributed by atoms with E-state index in [9.17, 15) is 4.79 Å². The Hall–Kier alpha value is -0.610. The number of nitrogens with one attached hydrogen (secondary N) is 1. The van der Waals surface area contributed by atoms with Gasteiger partial charge in [0.15, 0.2) is 0 Å². The van der Waals surface area contributed by atoms with Gasteiger partial charge in [0.25, 0.3) is 0 Å². The second-order valence-electron chi connectivity index (χ2n) is 4.33. The van der Waals surface area contributed by atoms with E-state index in [-0.39, 0.29) is 18.6 Å². The third-order valence-electron chi connectivity index (χ3n) is 2.47. The number of carbonyl (C=O) groups excluding carboxylic acids is 1. The maximum atomic E-state index is 11.6. The Labute approximate surface area is 92.0 Å². The first-order valence-corrected chi connectivity index (χ1v) is 5.40. The molecule has 0 saturated heterocycles. The van der Waals surface area contributed by atoms with Crippen LogP contribution in [0.2, 0.25) is 0 Å². The van der Waals surface area contributed by atoms with Crippen molar-refractivity contribution in [2.75, 3.05) is 13.7 Å². The molecule has 0 bridgehead atoms. The lowest BCUT2D eigenvalue weighted by Gasteiger charge is -2.24. The van der Waals surface area contributed by atoms with E-state index >= 15 is 0 Å². The van der Waals surface area contributed by atoms with Crippen LogP contribution in [0.5, 0.6) is 0 Å². The van der Waals surface area contributed by atoms with Crippen LogP contribution >= 0.6 is 0 Å². The van der Waals surface area contributed by atoms with Crippen molar-refractivity contribution in [3.8, 4) is 0 Å². The lowest BCUT2D eigenvalue weighted by molar-refractivity contribution is -0.126. The summed E-state index contributed by atoms with van der Waals surface area (Å²) in [4.78, 5) is 11.6. The first kappa shape index (κ1) is 14.4. The van der Waals surface area contributed by atoms with Crippen molar-refractivity contribution in [3.63, 3.8) is 0 Å². The molecule has 0 aromatic rings. The van der Waals surface area contributed by atoms with Crippen molar-refractivity contribution in [1.82, 2.24) is 5.32 Å². The summed E-state index contributed by atoms with van der Waals surface area (Å²) in [7, 11) is 1.60. The highest BCUT2D eigenvalue weighted by molar-refractivity contribution is 5.77. The van der Waals surface area contributed by atoms with E-state index in [1.807, 2.05) is 20.8 Å². The molecule has 4 heteroatoms. The van der Waals surface area contributed by atoms with Crippen LogP contribution in [0, 0.1) is 0 Å². The van der Waals surface area contributed by atoms with Gasteiger partial charge in [0.1, 0.15) is 0 Å². The van der Waals surface area contributed by atoms with Gasteiger partial charge >= 0.3 is 0 Å². The minimum atomic E-state index is -0.429. The second kappa shape index (κ2) is 6.80. The first-order chi connectivity index (χ1) is 6.95. The molecule has 0 aliphatic heterocycles. The van der Waals surface area contributed by atoms with Gasteiger partial charge in [-0.3, -0.25) is 4.79 Å². The Kier molecular flexibility index (Phi) is 6.52. The topological polar surface area (TPSA) is 58.6 Å². The number of aliphatic hydroxyl groups is 1. The maximum Gasteiger partial charge on any atom is 0.223 e. The molecular weight excluding hydrogens is 194 g/mol. The van der Waals surface area contributed by atoms with E-state index in [0.29, 0.717) is 12.8 Å². The fraction of sp³-hybridized carbons (Fsp3) is 0.909. The van der Waals surface area contributed by atoms with Gasteiger partial charge in [0.05, 0.1) is 12.0 Å². The van der Waals surface area contributed by atoms with Gasteiger partial charge in [-0.15, -0.1) is 0 Å². The Bertz CT molecular complexity index is 192. The molecule has 0 heterocycles. The summed E-state index contributed by atoms with van der Waals surface area (Å²) >= 11 is 0. The van der Waals surface area contributed by atoms with Gasteiger partial charge in [-0.25, -0.2) is 0 Å². The number of rotatable bonds is 7. The smallest absolute Gasteiger partial charge is 0.223 e. The summed E-state index contributed by atoms with van der Waals surface area (Å²) in [5, 5.41) is 11.7. The van der Waals surface area contributed by atoms with Gasteiger partial charge < -0.3 is 15.2 Å². The molecule has 1 unspecified atom stereocenters. The third kappa shape index (κ3) is 6.47. The highest BCUT2D eigenvalue weighted by atomic mass is 16.5. The maximum absolute atomic E-state index is 11.6. The Balaban J connectivity index is 4.01. The van der Waals surface area contributed by atoms with E-state index in [1.54, 1.807) is 7.11 Å². The molecule has 15 heavy (non-hydrogen) atoms. The molecule has 0 fully saturated rings. The second-order valence-corrected chi connectivity index (χ2v) is 4.33. The van der Waals surface area contributed by atoms with Crippen molar-refractivity contribution < 1.29 is 14.6 Å². The van der Waals surface area contributed by atoms with Crippen LogP contribution in [0.1, 0.15) is 40.0 Å². The summed E-state index contributed by atoms with van der Waals surface area (Å²) in [5.74, 6) is -0.0258. The minimum absolute atomic E-state index is 0.0258. The zero-order chi connectivity index (χ0) is 11.9. The summed E-state index contributed by atoms with van der Waals surface area (Å²) in [6.07, 6.45) is 1.78. The third-order valence-corrected chi connectivity index (χ3v) is 2.47. The minimum Gasteiger partial charge on any atom is -0.396 e. The van der Waals surface area contributed by atoms with E-state index in [2.05, 4.69) is 5.32 Å². The van der Waals surface area contributed by atoms with Crippen LogP contribution < -0.4 is 5.32 Å². The molecule has 1 atom stereocenters. The molecule has 0 radical (unpaired) electrons. The predicted molar refractivity (Wildman–Crippen MR) is 59.6 cm³/mol. The normalized spacial score (nSPS) is 13.7. The van der Waals surface area contributed by atoms with Crippen molar-refractivity contribution in [2.24, 2.45) is 0 Å². The van der Waals surface area contributed by atoms with Crippen LogP contribution in [0.25, 0.3) is 0 Å². The molecule has 4 nitrogen and oxygen atoms in total. The number of methoxy groups -OCH3 is 1. The number of aliphatic hydroxyl groups excluding tert-OH is 1. The summed E-state index contributed by atoms with van der Waals surface area (Å²) in [5.41, 5.74) is -0.429. The van der Waals surface area contributed by atoms with Gasteiger partial charge in [-0.05, 0) is 26.7 Å². The summed E-state index contributed by atoms with van der Waals surface area (Å²) < 4.78 is 5.17. The van der Waals surface area contributed by atoms with Gasteiger partial charge in [0.2, 0.25) is 5.91 Å². The molecule has 2 N–H and O–H groups in total. The van der Waals surface area contributed by atoms with Crippen molar-refractivity contribution >= 4 is 5.91 Å². The van der Waals surface area contributed by atoms with Gasteiger partial charge in [0, 0.05) is 19.8 Å². The van der Waals surface area contributed by atoms with Crippen molar-refractivity contribution in [1.29, 1.82) is 0 Å². The monoisotopic (exact) mass is 217 g/mol. The highest BCUT2D eigenvalue weighted by Gasteiger charge is 2.22. The van der Waals surface area contributed by atoms with Gasteiger partial charge in [-0.1, -0.05) is 6.92 Å². The Morgan fingerprint density at radius 3 is 2.53 bits per heavy atom. The molecule has 0 aliphatic carbocycles. The lowest BCUT2D eigenvalue weighted by atomic mass is 10.0. The van der Waals surface area contributed by atoms with Crippen molar-refractivity contribution in [3.05, 3.63) is 0 Å². The number of hydrogen-bond acceptors (Lipinski definition) is 3. The summed E-state index contributed by atoms with van der Waals surface area (Å²) in [6.45, 7) is 5.84. The highest BCUT2D eigenvalue weighted by Crippen LogP contribution is 2.12. The van der Waals surface area contributed by atoms with Crippen LogP contribution in [0.3, 0.4) is 0 Å². The van der Waals surface area contributed by atoms with Crippen LogP contribution in [-0.4, -0.2) is 36.4 Å². The SMILES string of the molecule is CCC(CCO)NC(=O)CC(C)(C)OC. The molecule has 0 aromatic heterocycles. The predicted octanol–water partition coefficient (Wildman–Crippen LogP) is 1.08. The molecule has 0 spiro atoms. The fourth-order valence-electron chi connectivity index (χ4n) is 1.27. The van der Waals surface area contributed by atoms with Crippen molar-refractivity contribution in [2.45, 2.75) is 51.7 Å². The number of amides is 1. The molecular formula is C11H23NO3. The molecule has 0 aromatic carbocycles. The Morgan fingerprint density at radius 1 is 1.53 bits per heavy atom. The average molecular weight is 217 g/mol. The summed E-state index contributed by atoms with van der Waals surface area (Å²) in [6, 6.07) is 0.0650. The zero-order valence-electron chi connectivity index (χ0n) is 10.2. The van der Waals surface area contributed by atoms with Gasteiger partial charge in [-0.2, -0.15) is 0 Å². The molecule has 0 saturated carbocycles. The Morgan fingerprint density at radius 2 is 2.13 bits per heavy atom. The van der Waals surface area contributed by atoms with Crippen LogP contribution in [0.15, 0.2) is 0 Å². The number of hydrogen-bond donors (Lipinski definition) is 2. The average Bonchev–Trinajstić information content (AvgIpc) is 2.16. The van der Waals surface area contributed by atoms with Crippen LogP contribution in [0.4, 0.5) is 0 Å². The van der Waals surface area contributed by atoms with Crippen LogP contribution in [-0.2, 0) is 9.53 Å². The van der Waals surface area contributed by atoms with E-state index in [0.717, 1.165) is 6.42 Å². The number of ether oxygens (including phenoxy) is 1. The van der Waals surface area contributed by atoms with E-state index in [4.69, 9.17) is 9.84 Å². The molecule has 0 aliphatic rings. The first-order valence-electron chi connectivity index (χ1n) is 5.40. The molecule has 90 valence electrons. The standard InChI is InChI=1S/C11H23NO3/c1-5-9(6-7-13)12-10(14)8-11(2,3)15-4/h9,13H,5-8H2,1-4H3,(H,12,14). The lowest BCUT2D eigenvalue weighted by Crippen LogP contribution is -2.39. The number of carbonyl (C=O) groups is 1. The quantitative estimate of drug-likeness (QED) is 0.671. The van der Waals surface area contributed by atoms with E-state index < -0.39 is 5.60 Å². The largest absolute Gasteiger partial charge is 0.396 e.